The number of carbonyl (C=O) groups excluding carboxylic acids is 1. The second-order valence-corrected chi connectivity index (χ2v) is 5.92. The van der Waals surface area contributed by atoms with Crippen LogP contribution in [-0.2, 0) is 11.2 Å². The Morgan fingerprint density at radius 1 is 1.24 bits per heavy atom. The SMILES string of the molecule is CCC[C@H]1C[C@H]2c3cc(OC)c(OC)cc3CCN2C1=O. The monoisotopic (exact) mass is 289 g/mol. The van der Waals surface area contributed by atoms with E-state index in [1.54, 1.807) is 14.2 Å². The Bertz CT molecular complexity index is 555. The molecule has 0 saturated carbocycles. The van der Waals surface area contributed by atoms with Crippen LogP contribution >= 0.6 is 0 Å². The third-order valence-electron chi connectivity index (χ3n) is 4.78. The summed E-state index contributed by atoms with van der Waals surface area (Å²) in [6.07, 6.45) is 3.90. The van der Waals surface area contributed by atoms with Gasteiger partial charge in [-0.25, -0.2) is 0 Å². The van der Waals surface area contributed by atoms with Gasteiger partial charge in [-0.05, 0) is 42.5 Å². The highest BCUT2D eigenvalue weighted by atomic mass is 16.5. The van der Waals surface area contributed by atoms with Crippen LogP contribution in [0, 0.1) is 5.92 Å². The van der Waals surface area contributed by atoms with Crippen molar-refractivity contribution in [2.75, 3.05) is 20.8 Å². The minimum absolute atomic E-state index is 0.194. The molecule has 4 heteroatoms. The lowest BCUT2D eigenvalue weighted by Crippen LogP contribution is -2.35. The van der Waals surface area contributed by atoms with Crippen LogP contribution in [0.3, 0.4) is 0 Å². The molecule has 1 aromatic carbocycles. The van der Waals surface area contributed by atoms with Gasteiger partial charge in [-0.1, -0.05) is 13.3 Å². The molecular formula is C17H23NO3. The van der Waals surface area contributed by atoms with Gasteiger partial charge in [-0.15, -0.1) is 0 Å². The van der Waals surface area contributed by atoms with Gasteiger partial charge >= 0.3 is 0 Å². The summed E-state index contributed by atoms with van der Waals surface area (Å²) in [4.78, 5) is 14.6. The van der Waals surface area contributed by atoms with E-state index in [1.807, 2.05) is 0 Å². The highest BCUT2D eigenvalue weighted by Gasteiger charge is 2.42. The fourth-order valence-corrected chi connectivity index (χ4v) is 3.74. The lowest BCUT2D eigenvalue weighted by Gasteiger charge is -2.32. The summed E-state index contributed by atoms with van der Waals surface area (Å²) < 4.78 is 10.8. The number of methoxy groups -OCH3 is 2. The molecule has 0 aliphatic carbocycles. The predicted molar refractivity (Wildman–Crippen MR) is 80.7 cm³/mol. The molecule has 1 amide bonds. The average Bonchev–Trinajstić information content (AvgIpc) is 2.83. The van der Waals surface area contributed by atoms with Gasteiger partial charge in [0.1, 0.15) is 0 Å². The second-order valence-electron chi connectivity index (χ2n) is 5.92. The topological polar surface area (TPSA) is 38.8 Å². The molecule has 114 valence electrons. The first kappa shape index (κ1) is 14.2. The normalized spacial score (nSPS) is 23.8. The summed E-state index contributed by atoms with van der Waals surface area (Å²) in [5.41, 5.74) is 2.53. The van der Waals surface area contributed by atoms with E-state index in [-0.39, 0.29) is 12.0 Å². The number of carbonyl (C=O) groups is 1. The van der Waals surface area contributed by atoms with Crippen LogP contribution in [0.2, 0.25) is 0 Å². The molecule has 0 N–H and O–H groups in total. The zero-order valence-corrected chi connectivity index (χ0v) is 13.0. The summed E-state index contributed by atoms with van der Waals surface area (Å²) in [7, 11) is 3.32. The second kappa shape index (κ2) is 5.58. The smallest absolute Gasteiger partial charge is 0.226 e. The quantitative estimate of drug-likeness (QED) is 0.855. The molecule has 3 rings (SSSR count). The lowest BCUT2D eigenvalue weighted by atomic mass is 9.90. The number of nitrogens with zero attached hydrogens (tertiary/aromatic N) is 1. The van der Waals surface area contributed by atoms with Crippen molar-refractivity contribution in [3.63, 3.8) is 0 Å². The molecule has 0 aromatic heterocycles. The molecule has 1 aromatic rings. The molecule has 0 spiro atoms. The van der Waals surface area contributed by atoms with Crippen molar-refractivity contribution in [3.05, 3.63) is 23.3 Å². The minimum atomic E-state index is 0.194. The van der Waals surface area contributed by atoms with Crippen LogP contribution in [0.1, 0.15) is 43.4 Å². The molecule has 0 unspecified atom stereocenters. The van der Waals surface area contributed by atoms with E-state index in [4.69, 9.17) is 9.47 Å². The van der Waals surface area contributed by atoms with E-state index in [9.17, 15) is 4.79 Å². The average molecular weight is 289 g/mol. The minimum Gasteiger partial charge on any atom is -0.493 e. The van der Waals surface area contributed by atoms with Gasteiger partial charge in [-0.2, -0.15) is 0 Å². The number of ether oxygens (including phenoxy) is 2. The Balaban J connectivity index is 1.97. The first-order valence-corrected chi connectivity index (χ1v) is 7.74. The molecule has 4 nitrogen and oxygen atoms in total. The van der Waals surface area contributed by atoms with E-state index < -0.39 is 0 Å². The van der Waals surface area contributed by atoms with Crippen molar-refractivity contribution < 1.29 is 14.3 Å². The van der Waals surface area contributed by atoms with Crippen molar-refractivity contribution in [2.24, 2.45) is 5.92 Å². The van der Waals surface area contributed by atoms with Crippen molar-refractivity contribution >= 4 is 5.91 Å². The Morgan fingerprint density at radius 3 is 2.62 bits per heavy atom. The largest absolute Gasteiger partial charge is 0.493 e. The Kier molecular flexibility index (Phi) is 3.79. The molecule has 2 aliphatic rings. The van der Waals surface area contributed by atoms with Gasteiger partial charge in [0.15, 0.2) is 11.5 Å². The summed E-state index contributed by atoms with van der Waals surface area (Å²) in [5.74, 6) is 2.06. The van der Waals surface area contributed by atoms with Crippen LogP contribution in [0.15, 0.2) is 12.1 Å². The van der Waals surface area contributed by atoms with Crippen molar-refractivity contribution in [3.8, 4) is 11.5 Å². The molecule has 2 atom stereocenters. The molecule has 1 saturated heterocycles. The maximum absolute atomic E-state index is 12.5. The maximum atomic E-state index is 12.5. The van der Waals surface area contributed by atoms with Crippen LogP contribution < -0.4 is 9.47 Å². The zero-order chi connectivity index (χ0) is 15.0. The Morgan fingerprint density at radius 2 is 1.95 bits per heavy atom. The number of amides is 1. The third-order valence-corrected chi connectivity index (χ3v) is 4.78. The maximum Gasteiger partial charge on any atom is 0.226 e. The number of rotatable bonds is 4. The van der Waals surface area contributed by atoms with Gasteiger partial charge in [0.2, 0.25) is 5.91 Å². The molecule has 2 aliphatic heterocycles. The number of benzene rings is 1. The third kappa shape index (κ3) is 2.27. The molecule has 1 fully saturated rings. The summed E-state index contributed by atoms with van der Waals surface area (Å²) >= 11 is 0. The molecular weight excluding hydrogens is 266 g/mol. The fraction of sp³-hybridized carbons (Fsp3) is 0.588. The highest BCUT2D eigenvalue weighted by Crippen LogP contribution is 2.45. The van der Waals surface area contributed by atoms with Gasteiger partial charge in [0, 0.05) is 12.5 Å². The highest BCUT2D eigenvalue weighted by molar-refractivity contribution is 5.82. The van der Waals surface area contributed by atoms with Crippen molar-refractivity contribution in [1.82, 2.24) is 4.90 Å². The number of hydrogen-bond donors (Lipinski definition) is 0. The fourth-order valence-electron chi connectivity index (χ4n) is 3.74. The zero-order valence-electron chi connectivity index (χ0n) is 13.0. The first-order chi connectivity index (χ1) is 10.2. The van der Waals surface area contributed by atoms with E-state index in [2.05, 4.69) is 24.0 Å². The summed E-state index contributed by atoms with van der Waals surface area (Å²) in [6, 6.07) is 4.35. The molecule has 0 bridgehead atoms. The van der Waals surface area contributed by atoms with Gasteiger partial charge in [-0.3, -0.25) is 4.79 Å². The number of fused-ring (bicyclic) bond motifs is 3. The van der Waals surface area contributed by atoms with Crippen LogP contribution in [0.25, 0.3) is 0 Å². The van der Waals surface area contributed by atoms with Crippen LogP contribution in [0.5, 0.6) is 11.5 Å². The molecule has 0 radical (unpaired) electrons. The van der Waals surface area contributed by atoms with E-state index in [0.717, 1.165) is 43.7 Å². The lowest BCUT2D eigenvalue weighted by molar-refractivity contribution is -0.132. The van der Waals surface area contributed by atoms with E-state index in [0.29, 0.717) is 5.91 Å². The van der Waals surface area contributed by atoms with Crippen LogP contribution in [-0.4, -0.2) is 31.6 Å². The van der Waals surface area contributed by atoms with Crippen LogP contribution in [0.4, 0.5) is 0 Å². The van der Waals surface area contributed by atoms with Gasteiger partial charge in [0.05, 0.1) is 20.3 Å². The predicted octanol–water partition coefficient (Wildman–Crippen LogP) is 2.95. The summed E-state index contributed by atoms with van der Waals surface area (Å²) in [6.45, 7) is 2.97. The summed E-state index contributed by atoms with van der Waals surface area (Å²) in [5, 5.41) is 0. The number of hydrogen-bond acceptors (Lipinski definition) is 3. The molecule has 21 heavy (non-hydrogen) atoms. The standard InChI is InChI=1S/C17H23NO3/c1-4-5-12-8-14-13-10-16(21-3)15(20-2)9-11(13)6-7-18(14)17(12)19/h9-10,12,14H,4-8H2,1-3H3/t12-,14-/m0/s1. The first-order valence-electron chi connectivity index (χ1n) is 7.74. The Hall–Kier alpha value is -1.71. The molecule has 2 heterocycles. The van der Waals surface area contributed by atoms with Crippen molar-refractivity contribution in [1.29, 1.82) is 0 Å². The van der Waals surface area contributed by atoms with E-state index in [1.165, 1.54) is 11.1 Å². The van der Waals surface area contributed by atoms with Gasteiger partial charge in [0.25, 0.3) is 0 Å². The van der Waals surface area contributed by atoms with Gasteiger partial charge < -0.3 is 14.4 Å². The van der Waals surface area contributed by atoms with Crippen molar-refractivity contribution in [2.45, 2.75) is 38.6 Å². The van der Waals surface area contributed by atoms with E-state index >= 15 is 0 Å². The Labute approximate surface area is 126 Å².